The molecule has 1 atom stereocenters. The lowest BCUT2D eigenvalue weighted by Gasteiger charge is -2.17. The maximum atomic E-state index is 4.49. The standard InChI is InChI=1S/C14H20IN3S/c1-3-5-16-12(11-8-13(15)19-10-11)9-14-17-6-7-18(14)4-2/h6-8,10,12,16H,3-5,9H2,1-2H3. The third kappa shape index (κ3) is 4.03. The molecule has 1 N–H and O–H groups in total. The Labute approximate surface area is 132 Å². The van der Waals surface area contributed by atoms with Crippen molar-refractivity contribution >= 4 is 33.9 Å². The van der Waals surface area contributed by atoms with Gasteiger partial charge in [-0.3, -0.25) is 0 Å². The van der Waals surface area contributed by atoms with Gasteiger partial charge in [-0.15, -0.1) is 11.3 Å². The molecule has 0 aliphatic carbocycles. The fourth-order valence-electron chi connectivity index (χ4n) is 2.13. The van der Waals surface area contributed by atoms with Crippen LogP contribution in [0.3, 0.4) is 0 Å². The predicted octanol–water partition coefficient (Wildman–Crippen LogP) is 3.85. The zero-order valence-electron chi connectivity index (χ0n) is 11.4. The average molecular weight is 389 g/mol. The van der Waals surface area contributed by atoms with Gasteiger partial charge in [-0.1, -0.05) is 6.92 Å². The van der Waals surface area contributed by atoms with E-state index in [0.717, 1.165) is 31.8 Å². The molecule has 0 saturated heterocycles. The van der Waals surface area contributed by atoms with Crippen molar-refractivity contribution in [2.24, 2.45) is 0 Å². The van der Waals surface area contributed by atoms with Crippen LogP contribution >= 0.6 is 33.9 Å². The van der Waals surface area contributed by atoms with E-state index in [4.69, 9.17) is 0 Å². The van der Waals surface area contributed by atoms with E-state index in [1.807, 2.05) is 17.5 Å². The first-order chi connectivity index (χ1) is 9.24. The number of aromatic nitrogens is 2. The van der Waals surface area contributed by atoms with Crippen LogP contribution in [-0.4, -0.2) is 16.1 Å². The summed E-state index contributed by atoms with van der Waals surface area (Å²) in [5.41, 5.74) is 1.38. The van der Waals surface area contributed by atoms with Gasteiger partial charge in [0.15, 0.2) is 0 Å². The van der Waals surface area contributed by atoms with E-state index < -0.39 is 0 Å². The van der Waals surface area contributed by atoms with Crippen LogP contribution in [0.1, 0.15) is 37.7 Å². The molecule has 19 heavy (non-hydrogen) atoms. The summed E-state index contributed by atoms with van der Waals surface area (Å²) in [6.45, 7) is 6.39. The first-order valence-electron chi connectivity index (χ1n) is 6.71. The Balaban J connectivity index is 2.14. The van der Waals surface area contributed by atoms with Gasteiger partial charge in [-0.05, 0) is 59.5 Å². The third-order valence-electron chi connectivity index (χ3n) is 3.16. The second-order valence-corrected chi connectivity index (χ2v) is 7.33. The van der Waals surface area contributed by atoms with Crippen LogP contribution in [0.4, 0.5) is 0 Å². The lowest BCUT2D eigenvalue weighted by atomic mass is 10.1. The van der Waals surface area contributed by atoms with Gasteiger partial charge in [-0.25, -0.2) is 4.98 Å². The summed E-state index contributed by atoms with van der Waals surface area (Å²) in [7, 11) is 0. The molecule has 0 radical (unpaired) electrons. The van der Waals surface area contributed by atoms with Crippen molar-refractivity contribution < 1.29 is 0 Å². The fourth-order valence-corrected chi connectivity index (χ4v) is 3.56. The van der Waals surface area contributed by atoms with E-state index in [2.05, 4.69) is 68.9 Å². The molecule has 0 aromatic carbocycles. The maximum absolute atomic E-state index is 4.49. The molecule has 104 valence electrons. The highest BCUT2D eigenvalue weighted by molar-refractivity contribution is 14.1. The summed E-state index contributed by atoms with van der Waals surface area (Å²) < 4.78 is 3.56. The quantitative estimate of drug-likeness (QED) is 0.729. The number of nitrogens with zero attached hydrogens (tertiary/aromatic N) is 2. The second kappa shape index (κ2) is 7.40. The number of hydrogen-bond donors (Lipinski definition) is 1. The summed E-state index contributed by atoms with van der Waals surface area (Å²) in [6, 6.07) is 2.64. The zero-order valence-corrected chi connectivity index (χ0v) is 14.4. The van der Waals surface area contributed by atoms with Gasteiger partial charge in [0, 0.05) is 31.4 Å². The van der Waals surface area contributed by atoms with Gasteiger partial charge in [-0.2, -0.15) is 0 Å². The SMILES string of the molecule is CCCNC(Cc1nccn1CC)c1csc(I)c1. The predicted molar refractivity (Wildman–Crippen MR) is 89.7 cm³/mol. The second-order valence-electron chi connectivity index (χ2n) is 4.52. The van der Waals surface area contributed by atoms with Gasteiger partial charge in [0.25, 0.3) is 0 Å². The molecule has 0 bridgehead atoms. The van der Waals surface area contributed by atoms with Crippen molar-refractivity contribution in [3.05, 3.63) is 38.1 Å². The van der Waals surface area contributed by atoms with Crippen molar-refractivity contribution in [3.8, 4) is 0 Å². The Hall–Kier alpha value is -0.400. The summed E-state index contributed by atoms with van der Waals surface area (Å²) in [4.78, 5) is 4.49. The van der Waals surface area contributed by atoms with E-state index in [1.54, 1.807) is 0 Å². The van der Waals surface area contributed by atoms with Crippen LogP contribution in [0.25, 0.3) is 0 Å². The minimum atomic E-state index is 0.368. The summed E-state index contributed by atoms with van der Waals surface area (Å²) in [6.07, 6.45) is 6.06. The minimum absolute atomic E-state index is 0.368. The number of hydrogen-bond acceptors (Lipinski definition) is 3. The molecule has 0 fully saturated rings. The molecule has 2 heterocycles. The monoisotopic (exact) mass is 389 g/mol. The number of aryl methyl sites for hydroxylation is 1. The largest absolute Gasteiger partial charge is 0.335 e. The molecule has 0 saturated carbocycles. The van der Waals surface area contributed by atoms with E-state index in [0.29, 0.717) is 6.04 Å². The molecule has 0 spiro atoms. The molecule has 1 unspecified atom stereocenters. The molecule has 0 amide bonds. The van der Waals surface area contributed by atoms with Crippen molar-refractivity contribution in [2.75, 3.05) is 6.54 Å². The highest BCUT2D eigenvalue weighted by atomic mass is 127. The Morgan fingerprint density at radius 1 is 1.47 bits per heavy atom. The van der Waals surface area contributed by atoms with E-state index in [1.165, 1.54) is 8.45 Å². The first kappa shape index (κ1) is 15.0. The maximum Gasteiger partial charge on any atom is 0.110 e. The van der Waals surface area contributed by atoms with Crippen molar-refractivity contribution in [1.29, 1.82) is 0 Å². The highest BCUT2D eigenvalue weighted by Crippen LogP contribution is 2.24. The van der Waals surface area contributed by atoms with Crippen LogP contribution in [0.2, 0.25) is 0 Å². The van der Waals surface area contributed by atoms with Crippen LogP contribution in [0, 0.1) is 2.88 Å². The summed E-state index contributed by atoms with van der Waals surface area (Å²) >= 11 is 4.19. The van der Waals surface area contributed by atoms with Gasteiger partial charge in [0.1, 0.15) is 5.82 Å². The van der Waals surface area contributed by atoms with Crippen LogP contribution in [-0.2, 0) is 13.0 Å². The molecular formula is C14H20IN3S. The molecule has 2 aromatic rings. The van der Waals surface area contributed by atoms with Gasteiger partial charge in [0.2, 0.25) is 0 Å². The highest BCUT2D eigenvalue weighted by Gasteiger charge is 2.15. The van der Waals surface area contributed by atoms with Gasteiger partial charge < -0.3 is 9.88 Å². The Morgan fingerprint density at radius 3 is 2.95 bits per heavy atom. The molecule has 3 nitrogen and oxygen atoms in total. The summed E-state index contributed by atoms with van der Waals surface area (Å²) in [5, 5.41) is 5.90. The first-order valence-corrected chi connectivity index (χ1v) is 8.67. The number of thiophene rings is 1. The fraction of sp³-hybridized carbons (Fsp3) is 0.500. The smallest absolute Gasteiger partial charge is 0.110 e. The molecule has 2 rings (SSSR count). The molecule has 0 aliphatic rings. The average Bonchev–Trinajstić information content (AvgIpc) is 3.02. The van der Waals surface area contributed by atoms with E-state index in [-0.39, 0.29) is 0 Å². The minimum Gasteiger partial charge on any atom is -0.335 e. The van der Waals surface area contributed by atoms with Crippen molar-refractivity contribution in [2.45, 2.75) is 39.3 Å². The van der Waals surface area contributed by atoms with Crippen LogP contribution in [0.15, 0.2) is 23.8 Å². The van der Waals surface area contributed by atoms with E-state index in [9.17, 15) is 0 Å². The Bertz CT molecular complexity index is 506. The normalized spacial score (nSPS) is 12.8. The van der Waals surface area contributed by atoms with E-state index >= 15 is 0 Å². The van der Waals surface area contributed by atoms with Crippen LogP contribution < -0.4 is 5.32 Å². The molecule has 0 aliphatic heterocycles. The van der Waals surface area contributed by atoms with Gasteiger partial charge >= 0.3 is 0 Å². The summed E-state index contributed by atoms with van der Waals surface area (Å²) in [5.74, 6) is 1.16. The van der Waals surface area contributed by atoms with Crippen LogP contribution in [0.5, 0.6) is 0 Å². The molecule has 2 aromatic heterocycles. The Morgan fingerprint density at radius 2 is 2.32 bits per heavy atom. The number of halogens is 1. The number of nitrogens with one attached hydrogen (secondary N) is 1. The lowest BCUT2D eigenvalue weighted by Crippen LogP contribution is -2.25. The van der Waals surface area contributed by atoms with Gasteiger partial charge in [0.05, 0.1) is 2.88 Å². The van der Waals surface area contributed by atoms with Crippen molar-refractivity contribution in [3.63, 3.8) is 0 Å². The number of imidazole rings is 1. The Kier molecular flexibility index (Phi) is 5.84. The topological polar surface area (TPSA) is 29.9 Å². The van der Waals surface area contributed by atoms with Crippen molar-refractivity contribution in [1.82, 2.24) is 14.9 Å². The molecule has 5 heteroatoms. The lowest BCUT2D eigenvalue weighted by molar-refractivity contribution is 0.507. The molecular weight excluding hydrogens is 369 g/mol. The zero-order chi connectivity index (χ0) is 13.7. The number of rotatable bonds is 7. The third-order valence-corrected chi connectivity index (χ3v) is 4.97.